The van der Waals surface area contributed by atoms with Crippen LogP contribution in [0.4, 0.5) is 4.79 Å². The maximum absolute atomic E-state index is 11.6. The van der Waals surface area contributed by atoms with Crippen LogP contribution < -0.4 is 5.32 Å². The Morgan fingerprint density at radius 2 is 2.07 bits per heavy atom. The molecule has 0 aromatic heterocycles. The summed E-state index contributed by atoms with van der Waals surface area (Å²) in [4.78, 5) is 24.2. The van der Waals surface area contributed by atoms with E-state index in [4.69, 9.17) is 4.74 Å². The molecule has 2 amide bonds. The number of piperidine rings is 1. The summed E-state index contributed by atoms with van der Waals surface area (Å²) in [6.45, 7) is 1.55. The molecule has 2 heterocycles. The molecule has 0 bridgehead atoms. The second-order valence-corrected chi connectivity index (χ2v) is 4.03. The van der Waals surface area contributed by atoms with Gasteiger partial charge in [-0.2, -0.15) is 0 Å². The van der Waals surface area contributed by atoms with E-state index in [1.807, 2.05) is 0 Å². The lowest BCUT2D eigenvalue weighted by Crippen LogP contribution is -2.40. The average Bonchev–Trinajstić information content (AvgIpc) is 2.65. The number of rotatable bonds is 1. The van der Waals surface area contributed by atoms with Crippen molar-refractivity contribution in [2.24, 2.45) is 0 Å². The Labute approximate surface area is 88.8 Å². The number of amides is 2. The van der Waals surface area contributed by atoms with Gasteiger partial charge in [0.05, 0.1) is 0 Å². The van der Waals surface area contributed by atoms with E-state index < -0.39 is 6.23 Å². The van der Waals surface area contributed by atoms with E-state index in [2.05, 4.69) is 5.32 Å². The van der Waals surface area contributed by atoms with Gasteiger partial charge in [0.25, 0.3) is 0 Å². The normalized spacial score (nSPS) is 26.3. The van der Waals surface area contributed by atoms with Crippen LogP contribution in [-0.4, -0.2) is 36.2 Å². The Morgan fingerprint density at radius 1 is 1.33 bits per heavy atom. The first-order chi connectivity index (χ1) is 7.25. The summed E-state index contributed by atoms with van der Waals surface area (Å²) in [5.74, 6) is -0.0357. The van der Waals surface area contributed by atoms with Gasteiger partial charge in [-0.3, -0.25) is 4.79 Å². The number of hydrogen-bond acceptors (Lipinski definition) is 3. The van der Waals surface area contributed by atoms with E-state index in [1.165, 1.54) is 6.42 Å². The Morgan fingerprint density at radius 3 is 2.67 bits per heavy atom. The zero-order valence-electron chi connectivity index (χ0n) is 8.70. The third kappa shape index (κ3) is 2.61. The van der Waals surface area contributed by atoms with Crippen LogP contribution in [0.5, 0.6) is 0 Å². The fraction of sp³-hybridized carbons (Fsp3) is 0.800. The molecular formula is C10H16N2O3. The molecule has 15 heavy (non-hydrogen) atoms. The molecule has 0 radical (unpaired) electrons. The zero-order chi connectivity index (χ0) is 10.7. The number of likely N-dealkylation sites (tertiary alicyclic amines) is 1. The lowest BCUT2D eigenvalue weighted by molar-refractivity contribution is -0.120. The van der Waals surface area contributed by atoms with Gasteiger partial charge in [-0.05, 0) is 19.3 Å². The fourth-order valence-electron chi connectivity index (χ4n) is 1.95. The van der Waals surface area contributed by atoms with Gasteiger partial charge >= 0.3 is 6.09 Å². The predicted molar refractivity (Wildman–Crippen MR) is 53.1 cm³/mol. The van der Waals surface area contributed by atoms with E-state index >= 15 is 0 Å². The number of carbonyl (C=O) groups is 2. The second kappa shape index (κ2) is 4.51. The van der Waals surface area contributed by atoms with Crippen LogP contribution in [0.3, 0.4) is 0 Å². The quantitative estimate of drug-likeness (QED) is 0.700. The molecule has 2 rings (SSSR count). The number of carbonyl (C=O) groups excluding carboxylic acids is 2. The molecule has 0 aromatic carbocycles. The van der Waals surface area contributed by atoms with Crippen LogP contribution in [0.25, 0.3) is 0 Å². The van der Waals surface area contributed by atoms with Gasteiger partial charge in [0.15, 0.2) is 6.23 Å². The monoisotopic (exact) mass is 212 g/mol. The number of nitrogens with zero attached hydrogens (tertiary/aromatic N) is 1. The number of nitrogens with one attached hydrogen (secondary N) is 1. The Hall–Kier alpha value is -1.26. The highest BCUT2D eigenvalue weighted by molar-refractivity contribution is 5.78. The molecule has 1 unspecified atom stereocenters. The van der Waals surface area contributed by atoms with E-state index in [-0.39, 0.29) is 12.0 Å². The molecule has 0 aromatic rings. The number of hydrogen-bond donors (Lipinski definition) is 1. The summed E-state index contributed by atoms with van der Waals surface area (Å²) in [5.41, 5.74) is 0. The topological polar surface area (TPSA) is 58.6 Å². The van der Waals surface area contributed by atoms with Crippen molar-refractivity contribution in [1.29, 1.82) is 0 Å². The van der Waals surface area contributed by atoms with E-state index in [1.54, 1.807) is 4.90 Å². The predicted octanol–water partition coefficient (Wildman–Crippen LogP) is 0.845. The molecular weight excluding hydrogens is 196 g/mol. The van der Waals surface area contributed by atoms with E-state index in [9.17, 15) is 9.59 Å². The molecule has 2 saturated heterocycles. The van der Waals surface area contributed by atoms with Crippen molar-refractivity contribution in [2.75, 3.05) is 13.1 Å². The smallest absolute Gasteiger partial charge is 0.411 e. The van der Waals surface area contributed by atoms with E-state index in [0.717, 1.165) is 25.9 Å². The van der Waals surface area contributed by atoms with Crippen LogP contribution in [-0.2, 0) is 9.53 Å². The van der Waals surface area contributed by atoms with Gasteiger partial charge in [0.1, 0.15) is 0 Å². The lowest BCUT2D eigenvalue weighted by atomic mass is 10.1. The van der Waals surface area contributed by atoms with Crippen LogP contribution >= 0.6 is 0 Å². The highest BCUT2D eigenvalue weighted by Crippen LogP contribution is 2.13. The second-order valence-electron chi connectivity index (χ2n) is 4.03. The minimum Gasteiger partial charge on any atom is -0.425 e. The summed E-state index contributed by atoms with van der Waals surface area (Å²) in [6.07, 6.45) is 3.63. The molecule has 2 aliphatic rings. The van der Waals surface area contributed by atoms with Crippen molar-refractivity contribution in [3.05, 3.63) is 0 Å². The molecule has 1 atom stereocenters. The third-order valence-electron chi connectivity index (χ3n) is 2.81. The van der Waals surface area contributed by atoms with Crippen LogP contribution in [0.2, 0.25) is 0 Å². The van der Waals surface area contributed by atoms with Crippen molar-refractivity contribution in [2.45, 2.75) is 38.3 Å². The molecule has 2 fully saturated rings. The first-order valence-corrected chi connectivity index (χ1v) is 5.50. The van der Waals surface area contributed by atoms with Crippen molar-refractivity contribution in [3.8, 4) is 0 Å². The van der Waals surface area contributed by atoms with Crippen molar-refractivity contribution in [1.82, 2.24) is 10.2 Å². The highest BCUT2D eigenvalue weighted by Gasteiger charge is 2.26. The zero-order valence-corrected chi connectivity index (χ0v) is 8.70. The van der Waals surface area contributed by atoms with Gasteiger partial charge in [0, 0.05) is 25.9 Å². The molecule has 5 nitrogen and oxygen atoms in total. The van der Waals surface area contributed by atoms with Gasteiger partial charge in [-0.15, -0.1) is 0 Å². The summed E-state index contributed by atoms with van der Waals surface area (Å²) >= 11 is 0. The van der Waals surface area contributed by atoms with Crippen molar-refractivity contribution >= 4 is 12.0 Å². The molecule has 84 valence electrons. The average molecular weight is 212 g/mol. The first kappa shape index (κ1) is 10.3. The lowest BCUT2D eigenvalue weighted by Gasteiger charge is -2.27. The minimum atomic E-state index is -0.410. The largest absolute Gasteiger partial charge is 0.425 e. The summed E-state index contributed by atoms with van der Waals surface area (Å²) in [6, 6.07) is 0. The first-order valence-electron chi connectivity index (χ1n) is 5.50. The Kier molecular flexibility index (Phi) is 3.08. The Balaban J connectivity index is 1.78. The Bertz CT molecular complexity index is 261. The van der Waals surface area contributed by atoms with Gasteiger partial charge in [-0.1, -0.05) is 0 Å². The molecule has 2 aliphatic heterocycles. The molecule has 5 heteroatoms. The maximum Gasteiger partial charge on any atom is 0.411 e. The maximum atomic E-state index is 11.6. The van der Waals surface area contributed by atoms with Crippen molar-refractivity contribution < 1.29 is 14.3 Å². The van der Waals surface area contributed by atoms with Gasteiger partial charge < -0.3 is 15.0 Å². The molecule has 0 spiro atoms. The van der Waals surface area contributed by atoms with E-state index in [0.29, 0.717) is 12.8 Å². The fourth-order valence-corrected chi connectivity index (χ4v) is 1.95. The highest BCUT2D eigenvalue weighted by atomic mass is 16.6. The van der Waals surface area contributed by atoms with Crippen LogP contribution in [0, 0.1) is 0 Å². The summed E-state index contributed by atoms with van der Waals surface area (Å²) in [5, 5.41) is 2.62. The molecule has 0 saturated carbocycles. The molecule has 1 N–H and O–H groups in total. The van der Waals surface area contributed by atoms with Gasteiger partial charge in [-0.25, -0.2) is 4.79 Å². The van der Waals surface area contributed by atoms with Crippen molar-refractivity contribution in [3.63, 3.8) is 0 Å². The minimum absolute atomic E-state index is 0.0357. The third-order valence-corrected chi connectivity index (χ3v) is 2.81. The summed E-state index contributed by atoms with van der Waals surface area (Å²) < 4.78 is 5.18. The SMILES string of the molecule is O=C1CCC(OC(=O)N2CCCCC2)N1. The van der Waals surface area contributed by atoms with Crippen LogP contribution in [0.1, 0.15) is 32.1 Å². The standard InChI is InChI=1S/C10H16N2O3/c13-8-4-5-9(11-8)15-10(14)12-6-2-1-3-7-12/h9H,1-7H2,(H,11,13). The molecule has 0 aliphatic carbocycles. The van der Waals surface area contributed by atoms with Gasteiger partial charge in [0.2, 0.25) is 5.91 Å². The summed E-state index contributed by atoms with van der Waals surface area (Å²) in [7, 11) is 0. The van der Waals surface area contributed by atoms with Crippen LogP contribution in [0.15, 0.2) is 0 Å². The number of ether oxygens (including phenoxy) is 1.